The number of fused-ring (bicyclic) bond motifs is 1. The van der Waals surface area contributed by atoms with Gasteiger partial charge in [0, 0.05) is 11.3 Å². The molecule has 4 fully saturated rings. The van der Waals surface area contributed by atoms with E-state index in [0.29, 0.717) is 19.8 Å². The fourth-order valence-corrected chi connectivity index (χ4v) is 7.48. The molecule has 1 spiro atoms. The van der Waals surface area contributed by atoms with Crippen LogP contribution in [0.3, 0.4) is 0 Å². The van der Waals surface area contributed by atoms with Crippen LogP contribution in [0.4, 0.5) is 0 Å². The third-order valence-corrected chi connectivity index (χ3v) is 9.66. The maximum atomic E-state index is 11.1. The molecule has 0 radical (unpaired) electrons. The minimum Gasteiger partial charge on any atom is -0.497 e. The highest BCUT2D eigenvalue weighted by Crippen LogP contribution is 2.69. The molecule has 6 nitrogen and oxygen atoms in total. The van der Waals surface area contributed by atoms with Crippen molar-refractivity contribution in [2.45, 2.75) is 108 Å². The van der Waals surface area contributed by atoms with E-state index in [4.69, 9.17) is 23.7 Å². The SMILES string of the molecule is CCC1(CC)OC[C@](C)([C@@H]2CC[C@@]3(COCc4ccc(OC)cc4)C[C@H]4O[C@@]23CC[C@@]4(C)O)O1. The van der Waals surface area contributed by atoms with Gasteiger partial charge in [0.05, 0.1) is 49.8 Å². The molecular formula is C28H42O6. The molecule has 5 rings (SSSR count). The highest BCUT2D eigenvalue weighted by Gasteiger charge is 2.74. The first kappa shape index (κ1) is 24.5. The number of rotatable bonds is 8. The molecule has 3 saturated heterocycles. The van der Waals surface area contributed by atoms with E-state index < -0.39 is 17.0 Å². The fourth-order valence-electron chi connectivity index (χ4n) is 7.48. The standard InChI is InChI=1S/C28H42O6/c1-6-27(7-2)32-18-25(4,34-27)22-12-13-26(16-23-24(3,29)14-15-28(22,26)33-23)19-31-17-20-8-10-21(30-5)11-9-20/h8-11,22-23,29H,6-7,12-19H2,1-5H3/t22-,23+,24+,25+,26-,28-/m0/s1. The molecule has 190 valence electrons. The lowest BCUT2D eigenvalue weighted by molar-refractivity contribution is -0.246. The molecule has 1 aromatic rings. The van der Waals surface area contributed by atoms with Gasteiger partial charge in [-0.1, -0.05) is 26.0 Å². The molecule has 3 heterocycles. The number of ether oxygens (including phenoxy) is 5. The molecule has 1 aromatic carbocycles. The van der Waals surface area contributed by atoms with Crippen LogP contribution in [0, 0.1) is 11.3 Å². The number of aliphatic hydroxyl groups is 1. The zero-order valence-electron chi connectivity index (χ0n) is 21.5. The summed E-state index contributed by atoms with van der Waals surface area (Å²) in [7, 11) is 1.68. The summed E-state index contributed by atoms with van der Waals surface area (Å²) in [6.45, 7) is 10.2. The van der Waals surface area contributed by atoms with Gasteiger partial charge in [0.1, 0.15) is 5.75 Å². The maximum absolute atomic E-state index is 11.1. The van der Waals surface area contributed by atoms with Gasteiger partial charge in [-0.25, -0.2) is 0 Å². The van der Waals surface area contributed by atoms with Gasteiger partial charge in [-0.2, -0.15) is 0 Å². The number of hydrogen-bond acceptors (Lipinski definition) is 6. The monoisotopic (exact) mass is 474 g/mol. The number of benzene rings is 1. The first-order chi connectivity index (χ1) is 16.2. The Labute approximate surface area is 204 Å². The minimum absolute atomic E-state index is 0.120. The Kier molecular flexibility index (Phi) is 6.09. The molecule has 1 aliphatic carbocycles. The van der Waals surface area contributed by atoms with E-state index in [1.54, 1.807) is 7.11 Å². The molecular weight excluding hydrogens is 432 g/mol. The second-order valence-corrected chi connectivity index (χ2v) is 11.6. The predicted molar refractivity (Wildman–Crippen MR) is 129 cm³/mol. The van der Waals surface area contributed by atoms with Crippen LogP contribution in [-0.2, 0) is 25.6 Å². The summed E-state index contributed by atoms with van der Waals surface area (Å²) in [5.41, 5.74) is -0.541. The Morgan fingerprint density at radius 1 is 1.06 bits per heavy atom. The van der Waals surface area contributed by atoms with Crippen LogP contribution < -0.4 is 4.74 Å². The lowest BCUT2D eigenvalue weighted by Crippen LogP contribution is -2.59. The summed E-state index contributed by atoms with van der Waals surface area (Å²) < 4.78 is 31.7. The van der Waals surface area contributed by atoms with Crippen molar-refractivity contribution in [2.24, 2.45) is 11.3 Å². The summed E-state index contributed by atoms with van der Waals surface area (Å²) in [4.78, 5) is 0. The zero-order chi connectivity index (χ0) is 24.2. The Bertz CT molecular complexity index is 879. The molecule has 1 N–H and O–H groups in total. The van der Waals surface area contributed by atoms with E-state index in [1.165, 1.54) is 0 Å². The second kappa shape index (κ2) is 8.45. The Morgan fingerprint density at radius 3 is 2.44 bits per heavy atom. The van der Waals surface area contributed by atoms with Crippen molar-refractivity contribution in [2.75, 3.05) is 20.3 Å². The van der Waals surface area contributed by atoms with E-state index in [1.807, 2.05) is 19.1 Å². The summed E-state index contributed by atoms with van der Waals surface area (Å²) in [5.74, 6) is 0.563. The lowest BCUT2D eigenvalue weighted by Gasteiger charge is -2.50. The van der Waals surface area contributed by atoms with Crippen molar-refractivity contribution in [1.82, 2.24) is 0 Å². The molecule has 1 saturated carbocycles. The van der Waals surface area contributed by atoms with Crippen molar-refractivity contribution < 1.29 is 28.8 Å². The zero-order valence-corrected chi connectivity index (χ0v) is 21.5. The Hall–Kier alpha value is -1.18. The second-order valence-electron chi connectivity index (χ2n) is 11.6. The van der Waals surface area contributed by atoms with Gasteiger partial charge in [0.15, 0.2) is 5.79 Å². The molecule has 2 bridgehead atoms. The van der Waals surface area contributed by atoms with Crippen molar-refractivity contribution >= 4 is 0 Å². The average Bonchev–Trinajstić information content (AvgIpc) is 3.43. The van der Waals surface area contributed by atoms with E-state index in [0.717, 1.165) is 56.3 Å². The quantitative estimate of drug-likeness (QED) is 0.572. The highest BCUT2D eigenvalue weighted by molar-refractivity contribution is 5.27. The van der Waals surface area contributed by atoms with Crippen LogP contribution in [0.25, 0.3) is 0 Å². The molecule has 0 unspecified atom stereocenters. The van der Waals surface area contributed by atoms with Crippen LogP contribution in [0.2, 0.25) is 0 Å². The Balaban J connectivity index is 1.39. The van der Waals surface area contributed by atoms with Crippen LogP contribution >= 0.6 is 0 Å². The molecule has 4 aliphatic rings. The number of methoxy groups -OCH3 is 1. The van der Waals surface area contributed by atoms with Gasteiger partial charge in [-0.15, -0.1) is 0 Å². The van der Waals surface area contributed by atoms with E-state index >= 15 is 0 Å². The van der Waals surface area contributed by atoms with Gasteiger partial charge in [-0.3, -0.25) is 0 Å². The van der Waals surface area contributed by atoms with E-state index in [9.17, 15) is 5.11 Å². The largest absolute Gasteiger partial charge is 0.497 e. The van der Waals surface area contributed by atoms with Crippen molar-refractivity contribution in [3.8, 4) is 5.75 Å². The van der Waals surface area contributed by atoms with Gasteiger partial charge < -0.3 is 28.8 Å². The van der Waals surface area contributed by atoms with Crippen molar-refractivity contribution in [1.29, 1.82) is 0 Å². The molecule has 0 amide bonds. The topological polar surface area (TPSA) is 66.4 Å². The predicted octanol–water partition coefficient (Wildman–Crippen LogP) is 5.00. The van der Waals surface area contributed by atoms with E-state index in [-0.39, 0.29) is 23.0 Å². The first-order valence-corrected chi connectivity index (χ1v) is 13.1. The average molecular weight is 475 g/mol. The van der Waals surface area contributed by atoms with Crippen molar-refractivity contribution in [3.05, 3.63) is 29.8 Å². The molecule has 6 atom stereocenters. The molecule has 34 heavy (non-hydrogen) atoms. The minimum atomic E-state index is -0.798. The van der Waals surface area contributed by atoms with Gasteiger partial charge in [0.2, 0.25) is 0 Å². The van der Waals surface area contributed by atoms with Gasteiger partial charge in [-0.05, 0) is 76.5 Å². The van der Waals surface area contributed by atoms with Crippen molar-refractivity contribution in [3.63, 3.8) is 0 Å². The lowest BCUT2D eigenvalue weighted by atomic mass is 9.66. The molecule has 3 aliphatic heterocycles. The highest BCUT2D eigenvalue weighted by atomic mass is 16.8. The van der Waals surface area contributed by atoms with E-state index in [2.05, 4.69) is 32.9 Å². The smallest absolute Gasteiger partial charge is 0.168 e. The maximum Gasteiger partial charge on any atom is 0.168 e. The first-order valence-electron chi connectivity index (χ1n) is 13.1. The third kappa shape index (κ3) is 3.64. The summed E-state index contributed by atoms with van der Waals surface area (Å²) in [6.07, 6.45) is 5.99. The van der Waals surface area contributed by atoms with Crippen LogP contribution in [-0.4, -0.2) is 54.1 Å². The number of hydrogen-bond donors (Lipinski definition) is 1. The molecule has 0 aromatic heterocycles. The van der Waals surface area contributed by atoms with Gasteiger partial charge >= 0.3 is 0 Å². The summed E-state index contributed by atoms with van der Waals surface area (Å²) in [6, 6.07) is 8.05. The summed E-state index contributed by atoms with van der Waals surface area (Å²) in [5, 5.41) is 11.1. The van der Waals surface area contributed by atoms with Crippen LogP contribution in [0.5, 0.6) is 5.75 Å². The Morgan fingerprint density at radius 2 is 1.79 bits per heavy atom. The van der Waals surface area contributed by atoms with Gasteiger partial charge in [0.25, 0.3) is 0 Å². The third-order valence-electron chi connectivity index (χ3n) is 9.66. The van der Waals surface area contributed by atoms with Crippen LogP contribution in [0.15, 0.2) is 24.3 Å². The normalized spacial score (nSPS) is 42.6. The molecule has 6 heteroatoms. The fraction of sp³-hybridized carbons (Fsp3) is 0.786. The van der Waals surface area contributed by atoms with Crippen LogP contribution in [0.1, 0.15) is 78.2 Å². The summed E-state index contributed by atoms with van der Waals surface area (Å²) >= 11 is 0.